The topological polar surface area (TPSA) is 98.0 Å². The van der Waals surface area contributed by atoms with E-state index in [0.717, 1.165) is 5.39 Å². The molecule has 0 fully saturated rings. The molecule has 0 spiro atoms. The number of hydrogen-bond acceptors (Lipinski definition) is 7. The second kappa shape index (κ2) is 8.12. The van der Waals surface area contributed by atoms with Crippen molar-refractivity contribution in [1.29, 1.82) is 0 Å². The number of anilines is 1. The zero-order valence-corrected chi connectivity index (χ0v) is 18.6. The van der Waals surface area contributed by atoms with Crippen LogP contribution in [0.3, 0.4) is 0 Å². The number of nitro groups is 1. The van der Waals surface area contributed by atoms with Crippen LogP contribution in [0.1, 0.15) is 17.3 Å². The molecule has 1 amide bonds. The fourth-order valence-electron chi connectivity index (χ4n) is 3.36. The van der Waals surface area contributed by atoms with E-state index >= 15 is 0 Å². The van der Waals surface area contributed by atoms with Crippen LogP contribution < -0.4 is 14.4 Å². The normalized spacial score (nSPS) is 13.5. The third-order valence-electron chi connectivity index (χ3n) is 5.21. The van der Waals surface area contributed by atoms with Crippen LogP contribution in [0.2, 0.25) is 0 Å². The maximum atomic E-state index is 13.7. The largest absolute Gasteiger partial charge is 0.454 e. The molecular weight excluding hydrogens is 468 g/mol. The summed E-state index contributed by atoms with van der Waals surface area (Å²) in [4.78, 5) is 32.2. The first-order valence-electron chi connectivity index (χ1n) is 9.40. The van der Waals surface area contributed by atoms with Gasteiger partial charge in [-0.15, -0.1) is 0 Å². The Morgan fingerprint density at radius 1 is 1.19 bits per heavy atom. The summed E-state index contributed by atoms with van der Waals surface area (Å²) in [5.41, 5.74) is 1.51. The number of hydrogen-bond donors (Lipinski definition) is 0. The van der Waals surface area contributed by atoms with Crippen molar-refractivity contribution >= 4 is 44.1 Å². The van der Waals surface area contributed by atoms with Crippen LogP contribution >= 0.6 is 15.9 Å². The van der Waals surface area contributed by atoms with Gasteiger partial charge < -0.3 is 9.47 Å². The highest BCUT2D eigenvalue weighted by Gasteiger charge is 2.29. The lowest BCUT2D eigenvalue weighted by Crippen LogP contribution is -2.47. The summed E-state index contributed by atoms with van der Waals surface area (Å²) in [5.74, 6) is 0.880. The molecule has 1 aromatic heterocycles. The van der Waals surface area contributed by atoms with Gasteiger partial charge in [0.15, 0.2) is 11.5 Å². The van der Waals surface area contributed by atoms with E-state index in [1.54, 1.807) is 23.2 Å². The number of carbonyl (C=O) groups excluding carboxylic acids is 1. The Morgan fingerprint density at radius 2 is 1.90 bits per heavy atom. The molecule has 1 aliphatic heterocycles. The number of halogens is 1. The number of nitrogens with zero attached hydrogens (tertiary/aromatic N) is 4. The average Bonchev–Trinajstić information content (AvgIpc) is 3.19. The lowest BCUT2D eigenvalue weighted by molar-refractivity contribution is -0.384. The Kier molecular flexibility index (Phi) is 5.50. The summed E-state index contributed by atoms with van der Waals surface area (Å²) in [6, 6.07) is 9.47. The number of pyridine rings is 1. The van der Waals surface area contributed by atoms with Gasteiger partial charge in [0.2, 0.25) is 6.79 Å². The molecule has 0 saturated heterocycles. The number of benzene rings is 2. The summed E-state index contributed by atoms with van der Waals surface area (Å²) in [6.07, 6.45) is 1.30. The Balaban J connectivity index is 1.87. The van der Waals surface area contributed by atoms with Gasteiger partial charge in [0.1, 0.15) is 0 Å². The second-order valence-corrected chi connectivity index (χ2v) is 8.10. The number of nitro benzene ring substituents is 1. The standard InChI is InChI=1S/C21H19BrN4O5/c1-12(24(2)3)25(21(27)14-5-4-13(26(28)29)8-16(14)22)18-6-7-23-17-10-20-19(9-15(17)18)30-11-31-20/h4-10,12H,11H2,1-3H3. The van der Waals surface area contributed by atoms with Gasteiger partial charge in [-0.25, -0.2) is 0 Å². The first-order valence-corrected chi connectivity index (χ1v) is 10.2. The molecule has 9 nitrogen and oxygen atoms in total. The monoisotopic (exact) mass is 486 g/mol. The quantitative estimate of drug-likeness (QED) is 0.303. The highest BCUT2D eigenvalue weighted by atomic mass is 79.9. The molecule has 160 valence electrons. The van der Waals surface area contributed by atoms with Gasteiger partial charge in [0.05, 0.1) is 27.9 Å². The molecule has 0 saturated carbocycles. The number of carbonyl (C=O) groups is 1. The third-order valence-corrected chi connectivity index (χ3v) is 5.86. The van der Waals surface area contributed by atoms with Gasteiger partial charge in [-0.2, -0.15) is 0 Å². The fraction of sp³-hybridized carbons (Fsp3) is 0.238. The van der Waals surface area contributed by atoms with Gasteiger partial charge in [0, 0.05) is 34.3 Å². The van der Waals surface area contributed by atoms with Crippen molar-refractivity contribution in [1.82, 2.24) is 9.88 Å². The smallest absolute Gasteiger partial charge is 0.270 e. The number of amides is 1. The SMILES string of the molecule is CC(N(C)C)N(C(=O)c1ccc([N+](=O)[O-])cc1Br)c1ccnc2cc3c(cc12)OCO3. The maximum absolute atomic E-state index is 13.7. The van der Waals surface area contributed by atoms with Crippen molar-refractivity contribution in [2.75, 3.05) is 25.8 Å². The Labute approximate surface area is 186 Å². The molecule has 4 rings (SSSR count). The Bertz CT molecular complexity index is 1200. The van der Waals surface area contributed by atoms with Crippen molar-refractivity contribution in [3.8, 4) is 11.5 Å². The van der Waals surface area contributed by atoms with Crippen LogP contribution in [0.25, 0.3) is 10.9 Å². The van der Waals surface area contributed by atoms with Crippen molar-refractivity contribution in [2.24, 2.45) is 0 Å². The zero-order chi connectivity index (χ0) is 22.3. The number of fused-ring (bicyclic) bond motifs is 2. The van der Waals surface area contributed by atoms with E-state index in [9.17, 15) is 14.9 Å². The predicted molar refractivity (Wildman–Crippen MR) is 119 cm³/mol. The minimum Gasteiger partial charge on any atom is -0.454 e. The summed E-state index contributed by atoms with van der Waals surface area (Å²) in [5, 5.41) is 11.8. The van der Waals surface area contributed by atoms with Crippen LogP contribution in [0, 0.1) is 10.1 Å². The van der Waals surface area contributed by atoms with E-state index in [1.165, 1.54) is 18.2 Å². The van der Waals surface area contributed by atoms with Gasteiger partial charge in [0.25, 0.3) is 11.6 Å². The molecule has 0 N–H and O–H groups in total. The van der Waals surface area contributed by atoms with Gasteiger partial charge in [-0.1, -0.05) is 0 Å². The molecule has 2 aromatic carbocycles. The van der Waals surface area contributed by atoms with Crippen LogP contribution in [-0.2, 0) is 0 Å². The van der Waals surface area contributed by atoms with Crippen LogP contribution in [0.15, 0.2) is 47.1 Å². The molecule has 31 heavy (non-hydrogen) atoms. The fourth-order valence-corrected chi connectivity index (χ4v) is 3.90. The number of aromatic nitrogens is 1. The predicted octanol–water partition coefficient (Wildman–Crippen LogP) is 4.19. The summed E-state index contributed by atoms with van der Waals surface area (Å²) in [6.45, 7) is 2.03. The van der Waals surface area contributed by atoms with E-state index in [2.05, 4.69) is 20.9 Å². The Hall–Kier alpha value is -3.24. The van der Waals surface area contributed by atoms with Gasteiger partial charge in [-0.05, 0) is 55.1 Å². The molecule has 0 bridgehead atoms. The molecule has 1 aliphatic rings. The van der Waals surface area contributed by atoms with Crippen LogP contribution in [0.4, 0.5) is 11.4 Å². The Morgan fingerprint density at radius 3 is 2.55 bits per heavy atom. The summed E-state index contributed by atoms with van der Waals surface area (Å²) >= 11 is 3.32. The maximum Gasteiger partial charge on any atom is 0.270 e. The van der Waals surface area contributed by atoms with E-state index in [-0.39, 0.29) is 24.6 Å². The molecule has 10 heteroatoms. The van der Waals surface area contributed by atoms with Crippen molar-refractivity contribution in [3.05, 3.63) is 62.7 Å². The summed E-state index contributed by atoms with van der Waals surface area (Å²) in [7, 11) is 3.74. The first kappa shape index (κ1) is 21.0. The van der Waals surface area contributed by atoms with Crippen molar-refractivity contribution in [2.45, 2.75) is 13.1 Å². The summed E-state index contributed by atoms with van der Waals surface area (Å²) < 4.78 is 11.3. The van der Waals surface area contributed by atoms with Crippen molar-refractivity contribution in [3.63, 3.8) is 0 Å². The average molecular weight is 487 g/mol. The number of rotatable bonds is 5. The third kappa shape index (κ3) is 3.79. The molecule has 0 radical (unpaired) electrons. The minimum absolute atomic E-state index is 0.0993. The second-order valence-electron chi connectivity index (χ2n) is 7.24. The lowest BCUT2D eigenvalue weighted by Gasteiger charge is -2.34. The zero-order valence-electron chi connectivity index (χ0n) is 17.0. The first-order chi connectivity index (χ1) is 14.8. The van der Waals surface area contributed by atoms with Gasteiger partial charge in [-0.3, -0.25) is 29.7 Å². The molecule has 1 atom stereocenters. The van der Waals surface area contributed by atoms with E-state index in [4.69, 9.17) is 9.47 Å². The highest BCUT2D eigenvalue weighted by Crippen LogP contribution is 2.39. The molecule has 0 aliphatic carbocycles. The molecule has 3 aromatic rings. The minimum atomic E-state index is -0.502. The van der Waals surface area contributed by atoms with Crippen LogP contribution in [0.5, 0.6) is 11.5 Å². The lowest BCUT2D eigenvalue weighted by atomic mass is 10.1. The molecule has 1 unspecified atom stereocenters. The molecule has 2 heterocycles. The van der Waals surface area contributed by atoms with E-state index in [0.29, 0.717) is 32.7 Å². The molecular formula is C21H19BrN4O5. The van der Waals surface area contributed by atoms with E-state index in [1.807, 2.05) is 32.0 Å². The van der Waals surface area contributed by atoms with Crippen molar-refractivity contribution < 1.29 is 19.2 Å². The number of ether oxygens (including phenoxy) is 2. The van der Waals surface area contributed by atoms with Gasteiger partial charge >= 0.3 is 0 Å². The van der Waals surface area contributed by atoms with Crippen LogP contribution in [-0.4, -0.2) is 47.8 Å². The highest BCUT2D eigenvalue weighted by molar-refractivity contribution is 9.10. The van der Waals surface area contributed by atoms with E-state index < -0.39 is 4.92 Å². The number of non-ortho nitro benzene ring substituents is 1.